The van der Waals surface area contributed by atoms with Crippen molar-refractivity contribution in [2.45, 2.75) is 142 Å². The number of hydrogen-bond donors (Lipinski definition) is 0. The largest absolute Gasteiger partial charge is 0.508 e. The maximum absolute atomic E-state index is 11.5. The maximum atomic E-state index is 11.5. The molecule has 0 aromatic heterocycles. The van der Waals surface area contributed by atoms with E-state index in [9.17, 15) is 9.59 Å². The molecule has 0 radical (unpaired) electrons. The van der Waals surface area contributed by atoms with Gasteiger partial charge in [0.1, 0.15) is 13.2 Å². The van der Waals surface area contributed by atoms with Crippen LogP contribution in [0.15, 0.2) is 0 Å². The predicted octanol–water partition coefficient (Wildman–Crippen LogP) is 9.13. The van der Waals surface area contributed by atoms with Crippen molar-refractivity contribution in [2.75, 3.05) is 26.4 Å². The Morgan fingerprint density at radius 1 is 0.353 bits per heavy atom. The molecule has 0 aromatic rings. The van der Waals surface area contributed by atoms with Crippen LogP contribution >= 0.6 is 0 Å². The highest BCUT2D eigenvalue weighted by atomic mass is 16.7. The lowest BCUT2D eigenvalue weighted by molar-refractivity contribution is 0.0175. The van der Waals surface area contributed by atoms with Crippen molar-refractivity contribution in [3.05, 3.63) is 0 Å². The van der Waals surface area contributed by atoms with Gasteiger partial charge in [0.2, 0.25) is 0 Å². The molecule has 0 aliphatic carbocycles. The van der Waals surface area contributed by atoms with Gasteiger partial charge in [-0.2, -0.15) is 0 Å². The summed E-state index contributed by atoms with van der Waals surface area (Å²) in [5, 5.41) is 0. The first-order valence-electron chi connectivity index (χ1n) is 14.3. The molecule has 0 saturated carbocycles. The van der Waals surface area contributed by atoms with Crippen LogP contribution < -0.4 is 0 Å². The van der Waals surface area contributed by atoms with E-state index in [1.54, 1.807) is 0 Å². The first-order chi connectivity index (χ1) is 16.7. The molecule has 0 unspecified atom stereocenters. The van der Waals surface area contributed by atoms with E-state index in [1.165, 1.54) is 103 Å². The Morgan fingerprint density at radius 3 is 0.882 bits per heavy atom. The summed E-state index contributed by atoms with van der Waals surface area (Å²) >= 11 is 0. The molecule has 0 aliphatic rings. The van der Waals surface area contributed by atoms with Crippen molar-refractivity contribution in [2.24, 2.45) is 0 Å². The lowest BCUT2D eigenvalue weighted by atomic mass is 10.1. The van der Waals surface area contributed by atoms with Crippen LogP contribution in [-0.2, 0) is 18.9 Å². The van der Waals surface area contributed by atoms with E-state index in [4.69, 9.17) is 18.9 Å². The molecule has 0 N–H and O–H groups in total. The molecule has 0 aromatic carbocycles. The van der Waals surface area contributed by atoms with Crippen LogP contribution in [0.25, 0.3) is 0 Å². The Labute approximate surface area is 209 Å². The Morgan fingerprint density at radius 2 is 0.588 bits per heavy atom. The van der Waals surface area contributed by atoms with E-state index in [-0.39, 0.29) is 13.2 Å². The Kier molecular flexibility index (Phi) is 26.6. The molecule has 6 heteroatoms. The molecule has 34 heavy (non-hydrogen) atoms. The molecule has 0 atom stereocenters. The zero-order valence-corrected chi connectivity index (χ0v) is 22.4. The summed E-state index contributed by atoms with van der Waals surface area (Å²) in [5.74, 6) is 0. The molecule has 0 heterocycles. The van der Waals surface area contributed by atoms with E-state index < -0.39 is 12.3 Å². The fourth-order valence-corrected chi connectivity index (χ4v) is 3.82. The van der Waals surface area contributed by atoms with Gasteiger partial charge in [-0.05, 0) is 12.8 Å². The van der Waals surface area contributed by atoms with Crippen LogP contribution in [-0.4, -0.2) is 38.7 Å². The molecule has 0 fully saturated rings. The normalized spacial score (nSPS) is 10.8. The lowest BCUT2D eigenvalue weighted by Gasteiger charge is -2.08. The first-order valence-corrected chi connectivity index (χ1v) is 14.3. The monoisotopic (exact) mass is 486 g/mol. The predicted molar refractivity (Wildman–Crippen MR) is 138 cm³/mol. The summed E-state index contributed by atoms with van der Waals surface area (Å²) in [6, 6.07) is 0. The molecule has 0 spiro atoms. The van der Waals surface area contributed by atoms with Crippen molar-refractivity contribution in [3.63, 3.8) is 0 Å². The van der Waals surface area contributed by atoms with E-state index in [0.29, 0.717) is 13.2 Å². The zero-order chi connectivity index (χ0) is 25.0. The van der Waals surface area contributed by atoms with E-state index in [0.717, 1.165) is 25.7 Å². The van der Waals surface area contributed by atoms with Crippen molar-refractivity contribution >= 4 is 12.3 Å². The summed E-state index contributed by atoms with van der Waals surface area (Å²) in [6.07, 6.45) is 23.3. The highest BCUT2D eigenvalue weighted by molar-refractivity contribution is 5.60. The average molecular weight is 487 g/mol. The van der Waals surface area contributed by atoms with Crippen LogP contribution in [0.2, 0.25) is 0 Å². The van der Waals surface area contributed by atoms with Gasteiger partial charge < -0.3 is 18.9 Å². The minimum atomic E-state index is -0.710. The number of rotatable bonds is 25. The molecule has 0 amide bonds. The lowest BCUT2D eigenvalue weighted by Crippen LogP contribution is -2.16. The fourth-order valence-electron chi connectivity index (χ4n) is 3.82. The molecule has 0 aliphatic heterocycles. The van der Waals surface area contributed by atoms with Crippen molar-refractivity contribution in [1.29, 1.82) is 0 Å². The molecule has 0 bridgehead atoms. The van der Waals surface area contributed by atoms with Crippen LogP contribution in [0.1, 0.15) is 142 Å². The SMILES string of the molecule is CCCCCCCCCCCCOC(=O)OCCOC(=O)OCCCCCCCCCCCC. The van der Waals surface area contributed by atoms with Gasteiger partial charge in [-0.25, -0.2) is 9.59 Å². The maximum Gasteiger partial charge on any atom is 0.508 e. The van der Waals surface area contributed by atoms with Gasteiger partial charge in [-0.3, -0.25) is 0 Å². The Hall–Kier alpha value is -1.46. The quantitative estimate of drug-likeness (QED) is 0.0946. The molecule has 202 valence electrons. The van der Waals surface area contributed by atoms with Gasteiger partial charge in [0.05, 0.1) is 13.2 Å². The van der Waals surface area contributed by atoms with Gasteiger partial charge in [-0.1, -0.05) is 129 Å². The van der Waals surface area contributed by atoms with Crippen LogP contribution in [0.5, 0.6) is 0 Å². The highest BCUT2D eigenvalue weighted by Gasteiger charge is 2.07. The van der Waals surface area contributed by atoms with Crippen molar-refractivity contribution in [3.8, 4) is 0 Å². The van der Waals surface area contributed by atoms with Gasteiger partial charge >= 0.3 is 12.3 Å². The summed E-state index contributed by atoms with van der Waals surface area (Å²) in [4.78, 5) is 23.0. The average Bonchev–Trinajstić information content (AvgIpc) is 2.83. The second-order valence-corrected chi connectivity index (χ2v) is 9.26. The topological polar surface area (TPSA) is 71.1 Å². The number of hydrogen-bond acceptors (Lipinski definition) is 6. The molecular weight excluding hydrogens is 432 g/mol. The van der Waals surface area contributed by atoms with E-state index in [2.05, 4.69) is 13.8 Å². The van der Waals surface area contributed by atoms with Crippen molar-refractivity contribution in [1.82, 2.24) is 0 Å². The number of carbonyl (C=O) groups excluding carboxylic acids is 2. The Bertz CT molecular complexity index is 401. The van der Waals surface area contributed by atoms with Crippen LogP contribution in [0.3, 0.4) is 0 Å². The minimum absolute atomic E-state index is 0.0236. The van der Waals surface area contributed by atoms with Gasteiger partial charge in [0, 0.05) is 0 Å². The Balaban J connectivity index is 3.28. The molecule has 6 nitrogen and oxygen atoms in total. The third-order valence-corrected chi connectivity index (χ3v) is 5.96. The second kappa shape index (κ2) is 27.8. The van der Waals surface area contributed by atoms with Crippen LogP contribution in [0, 0.1) is 0 Å². The first kappa shape index (κ1) is 32.5. The smallest absolute Gasteiger partial charge is 0.434 e. The molecule has 0 rings (SSSR count). The molecule has 0 saturated heterocycles. The summed E-state index contributed by atoms with van der Waals surface area (Å²) < 4.78 is 19.9. The van der Waals surface area contributed by atoms with Gasteiger partial charge in [-0.15, -0.1) is 0 Å². The standard InChI is InChI=1S/C28H54O6/c1-3-5-7-9-11-13-15-17-19-21-23-31-27(29)33-25-26-34-28(30)32-24-22-20-18-16-14-12-10-8-6-4-2/h3-26H2,1-2H3. The number of ether oxygens (including phenoxy) is 4. The van der Waals surface area contributed by atoms with Gasteiger partial charge in [0.15, 0.2) is 0 Å². The van der Waals surface area contributed by atoms with E-state index >= 15 is 0 Å². The highest BCUT2D eigenvalue weighted by Crippen LogP contribution is 2.11. The second-order valence-electron chi connectivity index (χ2n) is 9.26. The summed E-state index contributed by atoms with van der Waals surface area (Å²) in [5.41, 5.74) is 0. The zero-order valence-electron chi connectivity index (χ0n) is 22.4. The minimum Gasteiger partial charge on any atom is -0.434 e. The van der Waals surface area contributed by atoms with Crippen LogP contribution in [0.4, 0.5) is 9.59 Å². The number of unbranched alkanes of at least 4 members (excludes halogenated alkanes) is 18. The number of carbonyl (C=O) groups is 2. The third-order valence-electron chi connectivity index (χ3n) is 5.96. The van der Waals surface area contributed by atoms with Gasteiger partial charge in [0.25, 0.3) is 0 Å². The fraction of sp³-hybridized carbons (Fsp3) is 0.929. The summed E-state index contributed by atoms with van der Waals surface area (Å²) in [6.45, 7) is 5.17. The van der Waals surface area contributed by atoms with E-state index in [1.807, 2.05) is 0 Å². The van der Waals surface area contributed by atoms with Crippen molar-refractivity contribution < 1.29 is 28.5 Å². The molecular formula is C28H54O6. The third kappa shape index (κ3) is 26.8. The summed E-state index contributed by atoms with van der Waals surface area (Å²) in [7, 11) is 0.